The quantitative estimate of drug-likeness (QED) is 0.628. The summed E-state index contributed by atoms with van der Waals surface area (Å²) in [7, 11) is 0. The molecule has 0 N–H and O–H groups in total. The topological polar surface area (TPSA) is 35.5 Å². The molecule has 5 aliphatic rings. The first-order valence-corrected chi connectivity index (χ1v) is 11.6. The molecule has 0 aromatic rings. The smallest absolute Gasteiger partial charge is 0.159 e. The summed E-state index contributed by atoms with van der Waals surface area (Å²) in [5, 5.41) is 0. The molecule has 3 heteroatoms. The zero-order chi connectivity index (χ0) is 19.4. The fourth-order valence-electron chi connectivity index (χ4n) is 7.67. The molecule has 28 heavy (non-hydrogen) atoms. The van der Waals surface area contributed by atoms with Gasteiger partial charge in [0.25, 0.3) is 0 Å². The minimum absolute atomic E-state index is 0.0510. The lowest BCUT2D eigenvalue weighted by Crippen LogP contribution is -2.54. The number of rotatable bonds is 2. The van der Waals surface area contributed by atoms with Gasteiger partial charge in [0.2, 0.25) is 0 Å². The molecule has 3 saturated carbocycles. The number of hydrogen-bond donors (Lipinski definition) is 0. The minimum atomic E-state index is -0.469. The number of ketones is 1. The Balaban J connectivity index is 1.40. The second kappa shape index (κ2) is 6.99. The van der Waals surface area contributed by atoms with Crippen molar-refractivity contribution in [1.82, 2.24) is 0 Å². The van der Waals surface area contributed by atoms with E-state index >= 15 is 0 Å². The molecule has 152 valence electrons. The van der Waals surface area contributed by atoms with Gasteiger partial charge >= 0.3 is 0 Å². The van der Waals surface area contributed by atoms with Crippen LogP contribution < -0.4 is 0 Å². The SMILES string of the molecule is C#C[C@]1(OC2CCCCO2)CC[C@H]2[C@@H]3CCC4=CC(=O)CC[C@@H]4[C@H]3CC[C@@]21C. The van der Waals surface area contributed by atoms with Crippen molar-refractivity contribution in [3.63, 3.8) is 0 Å². The van der Waals surface area contributed by atoms with Gasteiger partial charge in [0, 0.05) is 18.4 Å². The largest absolute Gasteiger partial charge is 0.353 e. The fraction of sp³-hybridized carbons (Fsp3) is 0.800. The standard InChI is InChI=1S/C25H34O3/c1-3-25(28-23-6-4-5-15-27-23)14-12-22-21-9-7-17-16-18(26)8-10-19(17)20(21)11-13-24(22,25)2/h1,16,19-23H,4-15H2,2H3/t19-,20+,21+,22-,23?,24-,25-/m0/s1. The Labute approximate surface area is 169 Å². The highest BCUT2D eigenvalue weighted by Gasteiger charge is 2.63. The van der Waals surface area contributed by atoms with E-state index in [0.29, 0.717) is 17.6 Å². The molecule has 3 nitrogen and oxygen atoms in total. The van der Waals surface area contributed by atoms with Crippen LogP contribution in [0, 0.1) is 41.4 Å². The maximum Gasteiger partial charge on any atom is 0.159 e. The van der Waals surface area contributed by atoms with Crippen LogP contribution in [-0.2, 0) is 14.3 Å². The summed E-state index contributed by atoms with van der Waals surface area (Å²) in [5.74, 6) is 6.27. The highest BCUT2D eigenvalue weighted by molar-refractivity contribution is 5.91. The van der Waals surface area contributed by atoms with Crippen molar-refractivity contribution < 1.29 is 14.3 Å². The van der Waals surface area contributed by atoms with Gasteiger partial charge in [-0.3, -0.25) is 4.79 Å². The van der Waals surface area contributed by atoms with Crippen molar-refractivity contribution in [3.05, 3.63) is 11.6 Å². The lowest BCUT2D eigenvalue weighted by atomic mass is 9.50. The Morgan fingerprint density at radius 1 is 1.11 bits per heavy atom. The maximum absolute atomic E-state index is 11.9. The molecule has 4 aliphatic carbocycles. The van der Waals surface area contributed by atoms with Gasteiger partial charge in [-0.25, -0.2) is 0 Å². The summed E-state index contributed by atoms with van der Waals surface area (Å²) in [6, 6.07) is 0. The van der Waals surface area contributed by atoms with Gasteiger partial charge in [0.15, 0.2) is 12.1 Å². The summed E-state index contributed by atoms with van der Waals surface area (Å²) in [5.41, 5.74) is 1.03. The molecular weight excluding hydrogens is 348 g/mol. The minimum Gasteiger partial charge on any atom is -0.353 e. The van der Waals surface area contributed by atoms with Crippen molar-refractivity contribution in [3.8, 4) is 12.3 Å². The van der Waals surface area contributed by atoms with Crippen molar-refractivity contribution in [2.75, 3.05) is 6.61 Å². The molecule has 0 radical (unpaired) electrons. The first-order chi connectivity index (χ1) is 13.6. The lowest BCUT2D eigenvalue weighted by Gasteiger charge is -2.55. The van der Waals surface area contributed by atoms with Gasteiger partial charge < -0.3 is 9.47 Å². The van der Waals surface area contributed by atoms with Crippen LogP contribution in [0.25, 0.3) is 0 Å². The number of terminal acetylenes is 1. The van der Waals surface area contributed by atoms with Crippen molar-refractivity contribution in [1.29, 1.82) is 0 Å². The summed E-state index contributed by atoms with van der Waals surface area (Å²) < 4.78 is 12.6. The Kier molecular flexibility index (Phi) is 4.72. The number of carbonyl (C=O) groups excluding carboxylic acids is 1. The molecule has 4 fully saturated rings. The number of allylic oxidation sites excluding steroid dienone is 1. The van der Waals surface area contributed by atoms with Crippen LogP contribution in [0.1, 0.15) is 77.6 Å². The van der Waals surface area contributed by atoms with Crippen LogP contribution in [0.3, 0.4) is 0 Å². The number of ether oxygens (including phenoxy) is 2. The third-order valence-electron chi connectivity index (χ3n) is 9.12. The molecule has 1 unspecified atom stereocenters. The van der Waals surface area contributed by atoms with Crippen LogP contribution in [-0.4, -0.2) is 24.3 Å². The van der Waals surface area contributed by atoms with Gasteiger partial charge in [0.1, 0.15) is 5.60 Å². The molecule has 1 saturated heterocycles. The predicted octanol–water partition coefficient (Wildman–Crippen LogP) is 5.04. The van der Waals surface area contributed by atoms with Gasteiger partial charge in [-0.2, -0.15) is 0 Å². The highest BCUT2D eigenvalue weighted by atomic mass is 16.7. The first-order valence-electron chi connectivity index (χ1n) is 11.6. The highest BCUT2D eigenvalue weighted by Crippen LogP contribution is 2.65. The molecule has 1 heterocycles. The Morgan fingerprint density at radius 3 is 2.79 bits per heavy atom. The molecule has 7 atom stereocenters. The zero-order valence-electron chi connectivity index (χ0n) is 17.3. The molecule has 1 aliphatic heterocycles. The fourth-order valence-corrected chi connectivity index (χ4v) is 7.67. The normalized spacial score (nSPS) is 48.1. The molecule has 0 aromatic heterocycles. The van der Waals surface area contributed by atoms with Gasteiger partial charge in [0.05, 0.1) is 0 Å². The van der Waals surface area contributed by atoms with Crippen LogP contribution in [0.4, 0.5) is 0 Å². The van der Waals surface area contributed by atoms with E-state index < -0.39 is 5.60 Å². The number of fused-ring (bicyclic) bond motifs is 5. The monoisotopic (exact) mass is 382 g/mol. The van der Waals surface area contributed by atoms with Crippen molar-refractivity contribution in [2.24, 2.45) is 29.1 Å². The van der Waals surface area contributed by atoms with Crippen LogP contribution >= 0.6 is 0 Å². The summed E-state index contributed by atoms with van der Waals surface area (Å²) in [4.78, 5) is 11.9. The van der Waals surface area contributed by atoms with E-state index in [9.17, 15) is 4.79 Å². The number of carbonyl (C=O) groups is 1. The predicted molar refractivity (Wildman–Crippen MR) is 108 cm³/mol. The Hall–Kier alpha value is -1.11. The molecule has 0 aromatic carbocycles. The molecule has 5 rings (SSSR count). The summed E-state index contributed by atoms with van der Waals surface area (Å²) >= 11 is 0. The van der Waals surface area contributed by atoms with E-state index in [1.165, 1.54) is 31.3 Å². The first kappa shape index (κ1) is 18.9. The van der Waals surface area contributed by atoms with Gasteiger partial charge in [-0.15, -0.1) is 6.42 Å². The summed E-state index contributed by atoms with van der Waals surface area (Å²) in [6.07, 6.45) is 20.0. The maximum atomic E-state index is 11.9. The lowest BCUT2D eigenvalue weighted by molar-refractivity contribution is -0.240. The van der Waals surface area contributed by atoms with E-state index in [-0.39, 0.29) is 11.7 Å². The summed E-state index contributed by atoms with van der Waals surface area (Å²) in [6.45, 7) is 3.21. The second-order valence-electron chi connectivity index (χ2n) is 10.2. The third kappa shape index (κ3) is 2.75. The van der Waals surface area contributed by atoms with E-state index in [0.717, 1.165) is 63.4 Å². The van der Waals surface area contributed by atoms with E-state index in [1.54, 1.807) is 0 Å². The van der Waals surface area contributed by atoms with Crippen LogP contribution in [0.5, 0.6) is 0 Å². The molecule has 0 spiro atoms. The molecule has 0 bridgehead atoms. The van der Waals surface area contributed by atoms with Crippen LogP contribution in [0.2, 0.25) is 0 Å². The van der Waals surface area contributed by atoms with Crippen molar-refractivity contribution in [2.45, 2.75) is 89.4 Å². The second-order valence-corrected chi connectivity index (χ2v) is 10.2. The van der Waals surface area contributed by atoms with E-state index in [2.05, 4.69) is 12.8 Å². The van der Waals surface area contributed by atoms with E-state index in [1.807, 2.05) is 6.08 Å². The van der Waals surface area contributed by atoms with Gasteiger partial charge in [-0.05, 0) is 94.0 Å². The Morgan fingerprint density at radius 2 is 2.00 bits per heavy atom. The van der Waals surface area contributed by atoms with E-state index in [4.69, 9.17) is 15.9 Å². The van der Waals surface area contributed by atoms with Gasteiger partial charge in [-0.1, -0.05) is 18.4 Å². The average Bonchev–Trinajstić information content (AvgIpc) is 3.01. The molecule has 0 amide bonds. The number of hydrogen-bond acceptors (Lipinski definition) is 3. The third-order valence-corrected chi connectivity index (χ3v) is 9.12. The molecular formula is C25H34O3. The van der Waals surface area contributed by atoms with Crippen LogP contribution in [0.15, 0.2) is 11.6 Å². The average molecular weight is 383 g/mol. The Bertz CT molecular complexity index is 712. The zero-order valence-corrected chi connectivity index (χ0v) is 17.3. The van der Waals surface area contributed by atoms with Crippen molar-refractivity contribution >= 4 is 5.78 Å².